The maximum absolute atomic E-state index is 14.2. The number of phenols is 2. The van der Waals surface area contributed by atoms with Gasteiger partial charge in [-0.2, -0.15) is 0 Å². The largest absolute Gasteiger partial charge is 0.507 e. The van der Waals surface area contributed by atoms with Gasteiger partial charge in [0.2, 0.25) is 0 Å². The number of hydrogen-bond donors (Lipinski definition) is 2. The summed E-state index contributed by atoms with van der Waals surface area (Å²) in [5, 5.41) is 21.1. The number of ether oxygens (including phenoxy) is 5. The Morgan fingerprint density at radius 3 is 1.32 bits per heavy atom. The molecule has 0 atom stereocenters. The first-order valence-corrected chi connectivity index (χ1v) is 17.7. The second-order valence-corrected chi connectivity index (χ2v) is 13.5. The molecular formula is C45H44O11. The third-order valence-corrected chi connectivity index (χ3v) is 10.3. The van der Waals surface area contributed by atoms with Crippen molar-refractivity contribution in [2.45, 2.75) is 61.5 Å². The number of benzene rings is 5. The Kier molecular flexibility index (Phi) is 11.9. The molecule has 0 radical (unpaired) electrons. The van der Waals surface area contributed by atoms with E-state index in [0.29, 0.717) is 34.1 Å². The smallest absolute Gasteiger partial charge is 0.347 e. The molecule has 0 heterocycles. The van der Waals surface area contributed by atoms with Crippen LogP contribution in [0, 0.1) is 55.4 Å². The van der Waals surface area contributed by atoms with Gasteiger partial charge in [0.05, 0.1) is 19.8 Å². The van der Waals surface area contributed by atoms with E-state index in [9.17, 15) is 29.4 Å². The number of esters is 3. The second-order valence-electron chi connectivity index (χ2n) is 13.5. The molecule has 11 heteroatoms. The average Bonchev–Trinajstić information content (AvgIpc) is 3.19. The molecule has 0 amide bonds. The molecule has 0 spiro atoms. The Bertz CT molecular complexity index is 2340. The van der Waals surface area contributed by atoms with E-state index in [0.717, 1.165) is 11.1 Å². The number of aromatic hydroxyl groups is 2. The highest BCUT2D eigenvalue weighted by Gasteiger charge is 2.32. The first-order chi connectivity index (χ1) is 26.6. The highest BCUT2D eigenvalue weighted by molar-refractivity contribution is 6.02. The van der Waals surface area contributed by atoms with Crippen LogP contribution in [0.5, 0.6) is 34.5 Å². The van der Waals surface area contributed by atoms with Crippen molar-refractivity contribution in [2.75, 3.05) is 14.2 Å². The number of methoxy groups -OCH3 is 2. The van der Waals surface area contributed by atoms with Crippen LogP contribution >= 0.6 is 0 Å². The van der Waals surface area contributed by atoms with E-state index >= 15 is 0 Å². The third-order valence-electron chi connectivity index (χ3n) is 10.3. The lowest BCUT2D eigenvalue weighted by molar-refractivity contribution is 0.0373. The van der Waals surface area contributed by atoms with Crippen LogP contribution in [0.15, 0.2) is 60.7 Å². The quantitative estimate of drug-likeness (QED) is 0.0754. The minimum Gasteiger partial charge on any atom is -0.507 e. The lowest BCUT2D eigenvalue weighted by atomic mass is 9.95. The van der Waals surface area contributed by atoms with Crippen LogP contribution in [0.3, 0.4) is 0 Å². The van der Waals surface area contributed by atoms with Crippen molar-refractivity contribution in [1.29, 1.82) is 0 Å². The summed E-state index contributed by atoms with van der Waals surface area (Å²) < 4.78 is 29.6. The lowest BCUT2D eigenvalue weighted by Crippen LogP contribution is -2.19. The molecule has 11 nitrogen and oxygen atoms in total. The first-order valence-electron chi connectivity index (χ1n) is 17.7. The molecule has 5 rings (SSSR count). The Hall–Kier alpha value is -6.62. The number of phenolic OH excluding ortho intramolecular Hbond substituents is 2. The van der Waals surface area contributed by atoms with Gasteiger partial charge in [-0.25, -0.2) is 14.4 Å². The van der Waals surface area contributed by atoms with Crippen LogP contribution in [0.1, 0.15) is 103 Å². The minimum atomic E-state index is -0.986. The number of hydrogen-bond acceptors (Lipinski definition) is 11. The number of rotatable bonds is 11. The number of aldehydes is 1. The van der Waals surface area contributed by atoms with E-state index in [1.165, 1.54) is 28.1 Å². The molecule has 0 fully saturated rings. The van der Waals surface area contributed by atoms with Crippen molar-refractivity contribution in [3.63, 3.8) is 0 Å². The van der Waals surface area contributed by atoms with Crippen LogP contribution in [-0.4, -0.2) is 48.6 Å². The highest BCUT2D eigenvalue weighted by atomic mass is 16.6. The van der Waals surface area contributed by atoms with Gasteiger partial charge < -0.3 is 33.9 Å². The molecule has 0 saturated carbocycles. The zero-order valence-electron chi connectivity index (χ0n) is 33.0. The predicted octanol–water partition coefficient (Wildman–Crippen LogP) is 8.78. The standard InChI is InChI=1S/C45H44O11/c1-22-24(3)38(54-43(49)33-26(5)32(21-46)36(47)27(6)37(33)48)28(7)40(52-9)34(22)44(50)55-39-25(4)23(2)35(41(53-10)29(39)8)45(51)56-42(30-17-13-11-14-18-30)31-19-15-12-16-20-31/h11-21,42,47-48H,1-10H3. The highest BCUT2D eigenvalue weighted by Crippen LogP contribution is 2.44. The van der Waals surface area contributed by atoms with Gasteiger partial charge in [-0.15, -0.1) is 0 Å². The zero-order chi connectivity index (χ0) is 41.2. The van der Waals surface area contributed by atoms with Gasteiger partial charge in [-0.05, 0) is 94.3 Å². The van der Waals surface area contributed by atoms with E-state index in [2.05, 4.69) is 0 Å². The monoisotopic (exact) mass is 760 g/mol. The molecule has 0 aliphatic carbocycles. The van der Waals surface area contributed by atoms with Gasteiger partial charge in [0.1, 0.15) is 51.2 Å². The van der Waals surface area contributed by atoms with Gasteiger partial charge in [0.25, 0.3) is 0 Å². The molecule has 290 valence electrons. The van der Waals surface area contributed by atoms with Crippen LogP contribution in [0.2, 0.25) is 0 Å². The van der Waals surface area contributed by atoms with Gasteiger partial charge in [-0.3, -0.25) is 4.79 Å². The van der Waals surface area contributed by atoms with Crippen LogP contribution in [0.25, 0.3) is 0 Å². The van der Waals surface area contributed by atoms with Crippen molar-refractivity contribution in [2.24, 2.45) is 0 Å². The number of carbonyl (C=O) groups is 4. The van der Waals surface area contributed by atoms with E-state index in [1.54, 1.807) is 41.5 Å². The van der Waals surface area contributed by atoms with Crippen LogP contribution < -0.4 is 18.9 Å². The fourth-order valence-corrected chi connectivity index (χ4v) is 6.93. The van der Waals surface area contributed by atoms with Crippen LogP contribution in [-0.2, 0) is 4.74 Å². The zero-order valence-corrected chi connectivity index (χ0v) is 33.0. The maximum Gasteiger partial charge on any atom is 0.347 e. The molecule has 2 N–H and O–H groups in total. The SMILES string of the molecule is COc1c(C)c(OC(=O)c2c(C)c(C=O)c(O)c(C)c2O)c(C)c(C)c1C(=O)Oc1c(C)c(C)c(C(=O)OC(c2ccccc2)c2ccccc2)c(OC)c1C. The topological polar surface area (TPSA) is 155 Å². The molecule has 5 aromatic rings. The van der Waals surface area contributed by atoms with E-state index in [1.807, 2.05) is 60.7 Å². The molecule has 0 saturated heterocycles. The fourth-order valence-electron chi connectivity index (χ4n) is 6.93. The van der Waals surface area contributed by atoms with Crippen molar-refractivity contribution < 1.29 is 53.1 Å². The van der Waals surface area contributed by atoms with Crippen molar-refractivity contribution in [3.05, 3.63) is 139 Å². The Balaban J connectivity index is 1.52. The second kappa shape index (κ2) is 16.4. The summed E-state index contributed by atoms with van der Waals surface area (Å²) in [6.07, 6.45) is -0.310. The van der Waals surface area contributed by atoms with Crippen molar-refractivity contribution in [3.8, 4) is 34.5 Å². The van der Waals surface area contributed by atoms with Crippen LogP contribution in [0.4, 0.5) is 0 Å². The summed E-state index contributed by atoms with van der Waals surface area (Å²) >= 11 is 0. The number of carbonyl (C=O) groups excluding carboxylic acids is 4. The normalized spacial score (nSPS) is 10.9. The van der Waals surface area contributed by atoms with Gasteiger partial charge in [0, 0.05) is 16.7 Å². The summed E-state index contributed by atoms with van der Waals surface area (Å²) in [5.74, 6) is -2.86. The summed E-state index contributed by atoms with van der Waals surface area (Å²) in [6, 6.07) is 18.8. The summed E-state index contributed by atoms with van der Waals surface area (Å²) in [6.45, 7) is 12.8. The Labute approximate surface area is 325 Å². The van der Waals surface area contributed by atoms with Gasteiger partial charge in [0.15, 0.2) is 12.4 Å². The molecule has 0 unspecified atom stereocenters. The maximum atomic E-state index is 14.2. The van der Waals surface area contributed by atoms with Crippen molar-refractivity contribution in [1.82, 2.24) is 0 Å². The predicted molar refractivity (Wildman–Crippen MR) is 209 cm³/mol. The molecule has 56 heavy (non-hydrogen) atoms. The molecule has 0 aliphatic rings. The summed E-state index contributed by atoms with van der Waals surface area (Å²) in [7, 11) is 2.78. The van der Waals surface area contributed by atoms with E-state index in [-0.39, 0.29) is 61.9 Å². The lowest BCUT2D eigenvalue weighted by Gasteiger charge is -2.24. The van der Waals surface area contributed by atoms with E-state index in [4.69, 9.17) is 23.7 Å². The molecule has 0 bridgehead atoms. The summed E-state index contributed by atoms with van der Waals surface area (Å²) in [5.41, 5.74) is 3.80. The molecule has 5 aromatic carbocycles. The average molecular weight is 761 g/mol. The minimum absolute atomic E-state index is 0.0349. The molecule has 0 aliphatic heterocycles. The van der Waals surface area contributed by atoms with Crippen molar-refractivity contribution >= 4 is 24.2 Å². The van der Waals surface area contributed by atoms with Gasteiger partial charge >= 0.3 is 17.9 Å². The Morgan fingerprint density at radius 1 is 0.500 bits per heavy atom. The molecular weight excluding hydrogens is 716 g/mol. The first kappa shape index (κ1) is 40.6. The Morgan fingerprint density at radius 2 is 0.911 bits per heavy atom. The fraction of sp³-hybridized carbons (Fsp3) is 0.244. The van der Waals surface area contributed by atoms with Gasteiger partial charge in [-0.1, -0.05) is 60.7 Å². The molecule has 0 aromatic heterocycles. The van der Waals surface area contributed by atoms with E-state index < -0.39 is 35.5 Å². The third kappa shape index (κ3) is 7.15. The summed E-state index contributed by atoms with van der Waals surface area (Å²) in [4.78, 5) is 53.5.